The zero-order valence-electron chi connectivity index (χ0n) is 14.7. The van der Waals surface area contributed by atoms with E-state index in [0.717, 1.165) is 43.1 Å². The summed E-state index contributed by atoms with van der Waals surface area (Å²) in [5.74, 6) is 1.19. The lowest BCUT2D eigenvalue weighted by Crippen LogP contribution is -2.28. The van der Waals surface area contributed by atoms with Crippen LogP contribution in [0, 0.1) is 0 Å². The van der Waals surface area contributed by atoms with Crippen molar-refractivity contribution in [3.05, 3.63) is 47.6 Å². The molecule has 1 aliphatic rings. The Morgan fingerprint density at radius 1 is 1.15 bits per heavy atom. The number of hydrogen-bond donors (Lipinski definition) is 1. The van der Waals surface area contributed by atoms with Gasteiger partial charge < -0.3 is 10.2 Å². The van der Waals surface area contributed by atoms with Gasteiger partial charge in [0.1, 0.15) is 11.5 Å². The minimum Gasteiger partial charge on any atom is -0.368 e. The number of anilines is 1. The lowest BCUT2D eigenvalue weighted by Gasteiger charge is -2.14. The molecule has 1 fully saturated rings. The Labute approximate surface area is 160 Å². The normalized spacial score (nSPS) is 13.7. The molecule has 0 unspecified atom stereocenters. The van der Waals surface area contributed by atoms with Gasteiger partial charge >= 0.3 is 0 Å². The Hall–Kier alpha value is -2.94. The average Bonchev–Trinajstić information content (AvgIpc) is 3.41. The van der Waals surface area contributed by atoms with Gasteiger partial charge in [-0.05, 0) is 18.9 Å². The standard InChI is InChI=1S/C18H19N7OS/c26-18(25-8-1-2-9-25)14-10-19-11-15(24-14)20-7-4-13-12-27-17(23-13)16-21-5-3-6-22-16/h3,5-6,10-12H,1-2,4,7-9H2,(H,20,24). The summed E-state index contributed by atoms with van der Waals surface area (Å²) in [6.07, 6.45) is 9.42. The number of hydrogen-bond acceptors (Lipinski definition) is 8. The minimum atomic E-state index is -0.0457. The largest absolute Gasteiger partial charge is 0.368 e. The maximum Gasteiger partial charge on any atom is 0.274 e. The van der Waals surface area contributed by atoms with Crippen molar-refractivity contribution in [1.29, 1.82) is 0 Å². The van der Waals surface area contributed by atoms with Gasteiger partial charge in [0.15, 0.2) is 10.8 Å². The Morgan fingerprint density at radius 3 is 2.78 bits per heavy atom. The molecule has 0 aliphatic carbocycles. The first-order valence-electron chi connectivity index (χ1n) is 8.86. The van der Waals surface area contributed by atoms with Gasteiger partial charge in [-0.1, -0.05) is 0 Å². The highest BCUT2D eigenvalue weighted by Crippen LogP contribution is 2.19. The van der Waals surface area contributed by atoms with Crippen LogP contribution in [-0.2, 0) is 6.42 Å². The molecule has 0 spiro atoms. The van der Waals surface area contributed by atoms with E-state index >= 15 is 0 Å². The molecular formula is C18H19N7OS. The van der Waals surface area contributed by atoms with Crippen molar-refractivity contribution in [2.24, 2.45) is 0 Å². The summed E-state index contributed by atoms with van der Waals surface area (Å²) in [5, 5.41) is 6.03. The Bertz CT molecular complexity index is 909. The van der Waals surface area contributed by atoms with Crippen LogP contribution >= 0.6 is 11.3 Å². The monoisotopic (exact) mass is 381 g/mol. The van der Waals surface area contributed by atoms with Crippen LogP contribution in [0.2, 0.25) is 0 Å². The fraction of sp³-hybridized carbons (Fsp3) is 0.333. The smallest absolute Gasteiger partial charge is 0.274 e. The molecule has 0 radical (unpaired) electrons. The van der Waals surface area contributed by atoms with E-state index in [0.29, 0.717) is 23.9 Å². The van der Waals surface area contributed by atoms with Crippen LogP contribution in [0.3, 0.4) is 0 Å². The molecule has 3 aromatic rings. The molecule has 138 valence electrons. The number of aromatic nitrogens is 5. The topological polar surface area (TPSA) is 96.8 Å². The molecule has 27 heavy (non-hydrogen) atoms. The lowest BCUT2D eigenvalue weighted by molar-refractivity contribution is 0.0786. The highest BCUT2D eigenvalue weighted by molar-refractivity contribution is 7.13. The van der Waals surface area contributed by atoms with Crippen molar-refractivity contribution in [1.82, 2.24) is 29.8 Å². The van der Waals surface area contributed by atoms with Crippen LogP contribution < -0.4 is 5.32 Å². The van der Waals surface area contributed by atoms with Gasteiger partial charge in [-0.15, -0.1) is 11.3 Å². The quantitative estimate of drug-likeness (QED) is 0.699. The molecule has 1 aliphatic heterocycles. The summed E-state index contributed by atoms with van der Waals surface area (Å²) in [5.41, 5.74) is 1.35. The SMILES string of the molecule is O=C(c1cncc(NCCc2csc(-c3ncccn3)n2)n1)N1CCCC1. The molecule has 9 heteroatoms. The van der Waals surface area contributed by atoms with Crippen LogP contribution in [0.4, 0.5) is 5.82 Å². The van der Waals surface area contributed by atoms with Gasteiger partial charge in [-0.3, -0.25) is 9.78 Å². The van der Waals surface area contributed by atoms with Crippen molar-refractivity contribution in [2.75, 3.05) is 25.0 Å². The fourth-order valence-corrected chi connectivity index (χ4v) is 3.69. The van der Waals surface area contributed by atoms with Crippen molar-refractivity contribution < 1.29 is 4.79 Å². The van der Waals surface area contributed by atoms with E-state index in [1.54, 1.807) is 24.7 Å². The summed E-state index contributed by atoms with van der Waals surface area (Å²) >= 11 is 1.53. The van der Waals surface area contributed by atoms with Crippen LogP contribution in [0.5, 0.6) is 0 Å². The van der Waals surface area contributed by atoms with E-state index in [4.69, 9.17) is 0 Å². The lowest BCUT2D eigenvalue weighted by atomic mass is 10.3. The third-order valence-electron chi connectivity index (χ3n) is 4.24. The molecule has 1 N–H and O–H groups in total. The number of nitrogens with zero attached hydrogens (tertiary/aromatic N) is 6. The van der Waals surface area contributed by atoms with Gasteiger partial charge in [0, 0.05) is 43.8 Å². The maximum atomic E-state index is 12.4. The molecule has 1 saturated heterocycles. The number of carbonyl (C=O) groups excluding carboxylic acids is 1. The van der Waals surface area contributed by atoms with Crippen molar-refractivity contribution in [3.8, 4) is 10.8 Å². The summed E-state index contributed by atoms with van der Waals surface area (Å²) in [6.45, 7) is 2.25. The van der Waals surface area contributed by atoms with Crippen LogP contribution in [0.25, 0.3) is 10.8 Å². The summed E-state index contributed by atoms with van der Waals surface area (Å²) in [6, 6.07) is 1.78. The maximum absolute atomic E-state index is 12.4. The highest BCUT2D eigenvalue weighted by Gasteiger charge is 2.21. The average molecular weight is 381 g/mol. The predicted octanol–water partition coefficient (Wildman–Crippen LogP) is 2.28. The van der Waals surface area contributed by atoms with Crippen LogP contribution in [0.1, 0.15) is 29.0 Å². The number of likely N-dealkylation sites (tertiary alicyclic amines) is 1. The Morgan fingerprint density at radius 2 is 1.96 bits per heavy atom. The van der Waals surface area contributed by atoms with Crippen molar-refractivity contribution in [2.45, 2.75) is 19.3 Å². The number of amides is 1. The first kappa shape index (κ1) is 17.5. The summed E-state index contributed by atoms with van der Waals surface area (Å²) in [7, 11) is 0. The molecule has 4 rings (SSSR count). The Balaban J connectivity index is 1.33. The molecular weight excluding hydrogens is 362 g/mol. The van der Waals surface area contributed by atoms with E-state index in [1.165, 1.54) is 17.5 Å². The number of nitrogens with one attached hydrogen (secondary N) is 1. The number of thiazole rings is 1. The predicted molar refractivity (Wildman–Crippen MR) is 103 cm³/mol. The minimum absolute atomic E-state index is 0.0457. The molecule has 4 heterocycles. The first-order chi connectivity index (χ1) is 13.3. The second-order valence-corrected chi connectivity index (χ2v) is 7.04. The van der Waals surface area contributed by atoms with Gasteiger partial charge in [-0.25, -0.2) is 19.9 Å². The summed E-state index contributed by atoms with van der Waals surface area (Å²) < 4.78 is 0. The van der Waals surface area contributed by atoms with E-state index < -0.39 is 0 Å². The van der Waals surface area contributed by atoms with E-state index in [-0.39, 0.29) is 5.91 Å². The van der Waals surface area contributed by atoms with Crippen molar-refractivity contribution in [3.63, 3.8) is 0 Å². The van der Waals surface area contributed by atoms with Crippen LogP contribution in [-0.4, -0.2) is 55.4 Å². The van der Waals surface area contributed by atoms with E-state index in [9.17, 15) is 4.79 Å². The first-order valence-corrected chi connectivity index (χ1v) is 9.74. The van der Waals surface area contributed by atoms with Crippen molar-refractivity contribution >= 4 is 23.1 Å². The molecule has 0 saturated carbocycles. The van der Waals surface area contributed by atoms with Gasteiger partial charge in [0.05, 0.1) is 18.1 Å². The van der Waals surface area contributed by atoms with E-state index in [2.05, 4.69) is 30.2 Å². The second-order valence-electron chi connectivity index (χ2n) is 6.18. The highest BCUT2D eigenvalue weighted by atomic mass is 32.1. The Kier molecular flexibility index (Phi) is 5.29. The number of rotatable bonds is 6. The van der Waals surface area contributed by atoms with E-state index in [1.807, 2.05) is 10.3 Å². The zero-order chi connectivity index (χ0) is 18.5. The molecule has 1 amide bonds. The second kappa shape index (κ2) is 8.17. The van der Waals surface area contributed by atoms with Gasteiger partial charge in [-0.2, -0.15) is 0 Å². The molecule has 8 nitrogen and oxygen atoms in total. The fourth-order valence-electron chi connectivity index (χ4n) is 2.89. The number of carbonyl (C=O) groups is 1. The summed E-state index contributed by atoms with van der Waals surface area (Å²) in [4.78, 5) is 35.8. The third-order valence-corrected chi connectivity index (χ3v) is 5.13. The molecule has 0 bridgehead atoms. The zero-order valence-corrected chi connectivity index (χ0v) is 15.5. The molecule has 0 aromatic carbocycles. The van der Waals surface area contributed by atoms with Crippen LogP contribution in [0.15, 0.2) is 36.2 Å². The van der Waals surface area contributed by atoms with Gasteiger partial charge in [0.25, 0.3) is 5.91 Å². The van der Waals surface area contributed by atoms with Gasteiger partial charge in [0.2, 0.25) is 0 Å². The molecule has 0 atom stereocenters. The molecule has 3 aromatic heterocycles. The third kappa shape index (κ3) is 4.25.